The Labute approximate surface area is 672 Å². The van der Waals surface area contributed by atoms with Crippen LogP contribution in [-0.4, -0.2) is 0 Å². The van der Waals surface area contributed by atoms with Gasteiger partial charge in [-0.15, -0.1) is 0 Å². The van der Waals surface area contributed by atoms with Gasteiger partial charge in [0.15, 0.2) is 0 Å². The number of rotatable bonds is 15. The predicted molar refractivity (Wildman–Crippen MR) is 490 cm³/mol. The Morgan fingerprint density at radius 3 is 0.897 bits per heavy atom. The SMILES string of the molecule is c1ccc(-c2ccccc2N(c2ccccc2)c2ccc3c(c2)oc2c4ccc(-c5ccc(N(c6ccccc6)c6ccccc6)cc5)cc4c4ccccc4c32)cc1.c1ccc(N(c2ccccc2)c2ccc(-c3ccc4c(c3)c3ccccc3c3c5ccc(N(c6ccccc6)c6ccc7ccccc7c6)cc5oc43)cc2)cc1. The molecule has 0 N–H and O–H groups in total. The number of fused-ring (bicyclic) bond motifs is 17. The Bertz CT molecular complexity index is 7290. The highest BCUT2D eigenvalue weighted by atomic mass is 16.3. The second-order valence-corrected chi connectivity index (χ2v) is 29.4. The monoisotopic (exact) mass is 1480 g/mol. The highest BCUT2D eigenvalue weighted by Crippen LogP contribution is 2.49. The molecule has 0 spiro atoms. The molecule has 0 amide bonds. The Balaban J connectivity index is 0.000000145. The van der Waals surface area contributed by atoms with Crippen molar-refractivity contribution in [3.05, 3.63) is 449 Å². The zero-order chi connectivity index (χ0) is 76.8. The smallest absolute Gasteiger partial charge is 0.143 e. The zero-order valence-electron chi connectivity index (χ0n) is 63.3. The van der Waals surface area contributed by atoms with Crippen molar-refractivity contribution in [2.75, 3.05) is 19.6 Å². The van der Waals surface area contributed by atoms with Gasteiger partial charge in [-0.1, -0.05) is 273 Å². The van der Waals surface area contributed by atoms with Gasteiger partial charge < -0.3 is 28.4 Å². The molecule has 2 aromatic heterocycles. The molecule has 546 valence electrons. The lowest BCUT2D eigenvalue weighted by Gasteiger charge is -2.27. The van der Waals surface area contributed by atoms with E-state index in [-0.39, 0.29) is 0 Å². The molecular weight excluding hydrogens is 1410 g/mol. The van der Waals surface area contributed by atoms with Gasteiger partial charge in [0.1, 0.15) is 22.3 Å². The van der Waals surface area contributed by atoms with Crippen molar-refractivity contribution in [2.45, 2.75) is 0 Å². The molecule has 22 rings (SSSR count). The first-order valence-corrected chi connectivity index (χ1v) is 39.5. The molecule has 6 heteroatoms. The predicted octanol–water partition coefficient (Wildman–Crippen LogP) is 31.8. The van der Waals surface area contributed by atoms with E-state index in [0.29, 0.717) is 0 Å². The lowest BCUT2D eigenvalue weighted by molar-refractivity contribution is 0.672. The summed E-state index contributed by atoms with van der Waals surface area (Å²) in [4.78, 5) is 9.23. The number of hydrogen-bond acceptors (Lipinski definition) is 6. The van der Waals surface area contributed by atoms with E-state index in [1.807, 2.05) is 0 Å². The summed E-state index contributed by atoms with van der Waals surface area (Å²) in [6.45, 7) is 0. The fraction of sp³-hybridized carbons (Fsp3) is 0. The standard InChI is InChI=1S/C56H38N2O.C54H36N2O/c1-5-17-40(18-6-1)47-25-15-16-28-53(47)58(44-23-11-4-12-24-44)46-34-36-51-54(38-46)59-56-50-35-31-41(37-52(50)48-26-13-14-27-49(48)55(51)56)39-29-32-45(33-30-39)57(42-19-7-2-8-20-42)43-21-9-3-10-22-43;1-4-16-41(17-5-1)55(42-18-6-2-7-19-42)44-28-24-38(25-29-44)40-27-32-49-51(35-40)47-22-12-13-23-48(47)53-50-33-31-46(36-52(50)57-54(49)53)56(43-20-8-3-9-21-43)45-30-26-37-14-10-11-15-39(37)34-45/h1-38H;1-36H. The van der Waals surface area contributed by atoms with Crippen LogP contribution in [0.3, 0.4) is 0 Å². The van der Waals surface area contributed by atoms with E-state index in [1.54, 1.807) is 0 Å². The van der Waals surface area contributed by atoms with Crippen LogP contribution < -0.4 is 19.6 Å². The van der Waals surface area contributed by atoms with Gasteiger partial charge in [-0.25, -0.2) is 0 Å². The van der Waals surface area contributed by atoms with Gasteiger partial charge in [0, 0.05) is 113 Å². The topological polar surface area (TPSA) is 39.2 Å². The number of furan rings is 2. The molecule has 0 saturated heterocycles. The van der Waals surface area contributed by atoms with Crippen molar-refractivity contribution in [3.63, 3.8) is 0 Å². The van der Waals surface area contributed by atoms with Crippen LogP contribution in [0.1, 0.15) is 0 Å². The second-order valence-electron chi connectivity index (χ2n) is 29.4. The van der Waals surface area contributed by atoms with Crippen LogP contribution in [0.15, 0.2) is 458 Å². The molecule has 20 aromatic carbocycles. The van der Waals surface area contributed by atoms with E-state index in [1.165, 1.54) is 48.7 Å². The number of benzene rings is 20. The average molecular weight is 1480 g/mol. The first-order valence-electron chi connectivity index (χ1n) is 39.5. The number of hydrogen-bond donors (Lipinski definition) is 0. The van der Waals surface area contributed by atoms with E-state index in [4.69, 9.17) is 8.83 Å². The highest BCUT2D eigenvalue weighted by molar-refractivity contribution is 6.32. The summed E-state index contributed by atoms with van der Waals surface area (Å²) in [5, 5.41) is 16.3. The largest absolute Gasteiger partial charge is 0.455 e. The molecule has 0 aliphatic rings. The van der Waals surface area contributed by atoms with Crippen molar-refractivity contribution in [3.8, 4) is 33.4 Å². The number of anilines is 12. The van der Waals surface area contributed by atoms with Gasteiger partial charge in [-0.3, -0.25) is 0 Å². The van der Waals surface area contributed by atoms with Gasteiger partial charge >= 0.3 is 0 Å². The summed E-state index contributed by atoms with van der Waals surface area (Å²) in [5.41, 5.74) is 23.7. The zero-order valence-corrected chi connectivity index (χ0v) is 63.3. The Hall–Kier alpha value is -15.5. The van der Waals surface area contributed by atoms with Crippen LogP contribution in [-0.2, 0) is 0 Å². The lowest BCUT2D eigenvalue weighted by Crippen LogP contribution is -2.11. The van der Waals surface area contributed by atoms with Gasteiger partial charge in [0.05, 0.1) is 5.69 Å². The number of para-hydroxylation sites is 7. The van der Waals surface area contributed by atoms with E-state index >= 15 is 0 Å². The van der Waals surface area contributed by atoms with Crippen molar-refractivity contribution < 1.29 is 8.83 Å². The molecule has 6 nitrogen and oxygen atoms in total. The molecule has 0 radical (unpaired) electrons. The van der Waals surface area contributed by atoms with E-state index in [0.717, 1.165) is 151 Å². The van der Waals surface area contributed by atoms with Crippen molar-refractivity contribution in [1.29, 1.82) is 0 Å². The van der Waals surface area contributed by atoms with Gasteiger partial charge in [-0.05, 0) is 235 Å². The number of nitrogens with zero attached hydrogens (tertiary/aromatic N) is 4. The third-order valence-electron chi connectivity index (χ3n) is 22.6. The summed E-state index contributed by atoms with van der Waals surface area (Å²) in [7, 11) is 0. The van der Waals surface area contributed by atoms with Gasteiger partial charge in [0.2, 0.25) is 0 Å². The maximum Gasteiger partial charge on any atom is 0.143 e. The summed E-state index contributed by atoms with van der Waals surface area (Å²) in [6, 6.07) is 160. The van der Waals surface area contributed by atoms with Gasteiger partial charge in [0.25, 0.3) is 0 Å². The fourth-order valence-corrected chi connectivity index (χ4v) is 17.2. The van der Waals surface area contributed by atoms with Crippen LogP contribution in [0.4, 0.5) is 68.2 Å². The average Bonchev–Trinajstić information content (AvgIpc) is 1.55. The molecule has 0 bridgehead atoms. The minimum absolute atomic E-state index is 0.856. The minimum atomic E-state index is 0.856. The normalized spacial score (nSPS) is 11.4. The van der Waals surface area contributed by atoms with E-state index in [9.17, 15) is 0 Å². The Morgan fingerprint density at radius 1 is 0.155 bits per heavy atom. The summed E-state index contributed by atoms with van der Waals surface area (Å²) < 4.78 is 13.9. The van der Waals surface area contributed by atoms with Gasteiger partial charge in [-0.2, -0.15) is 0 Å². The maximum atomic E-state index is 6.99. The van der Waals surface area contributed by atoms with Crippen molar-refractivity contribution in [1.82, 2.24) is 0 Å². The molecule has 0 aliphatic carbocycles. The molecule has 0 atom stereocenters. The molecule has 2 heterocycles. The molecule has 0 fully saturated rings. The van der Waals surface area contributed by atoms with Crippen LogP contribution in [0.25, 0.3) is 131 Å². The maximum absolute atomic E-state index is 6.99. The first-order chi connectivity index (χ1) is 57.5. The van der Waals surface area contributed by atoms with E-state index in [2.05, 4.69) is 469 Å². The second kappa shape index (κ2) is 29.6. The van der Waals surface area contributed by atoms with Crippen LogP contribution in [0.5, 0.6) is 0 Å². The fourth-order valence-electron chi connectivity index (χ4n) is 17.2. The van der Waals surface area contributed by atoms with Crippen LogP contribution in [0.2, 0.25) is 0 Å². The van der Waals surface area contributed by atoms with Crippen LogP contribution >= 0.6 is 0 Å². The lowest BCUT2D eigenvalue weighted by atomic mass is 9.94. The first kappa shape index (κ1) is 68.5. The summed E-state index contributed by atoms with van der Waals surface area (Å²) >= 11 is 0. The Kier molecular flexibility index (Phi) is 17.5. The summed E-state index contributed by atoms with van der Waals surface area (Å²) in [6.07, 6.45) is 0. The quantitative estimate of drug-likeness (QED) is 0.0953. The molecule has 22 aromatic rings. The van der Waals surface area contributed by atoms with Crippen molar-refractivity contribution >= 4 is 166 Å². The molecular formula is C110H74N4O2. The van der Waals surface area contributed by atoms with E-state index < -0.39 is 0 Å². The van der Waals surface area contributed by atoms with Crippen LogP contribution in [0, 0.1) is 0 Å². The molecule has 116 heavy (non-hydrogen) atoms. The molecule has 0 unspecified atom stereocenters. The highest BCUT2D eigenvalue weighted by Gasteiger charge is 2.25. The third kappa shape index (κ3) is 12.5. The molecule has 0 saturated carbocycles. The molecule has 0 aliphatic heterocycles. The Morgan fingerprint density at radius 2 is 0.457 bits per heavy atom. The third-order valence-corrected chi connectivity index (χ3v) is 22.6. The minimum Gasteiger partial charge on any atom is -0.455 e. The summed E-state index contributed by atoms with van der Waals surface area (Å²) in [5.74, 6) is 0. The van der Waals surface area contributed by atoms with Crippen molar-refractivity contribution in [2.24, 2.45) is 0 Å².